The zero-order chi connectivity index (χ0) is 15.8. The molecule has 0 radical (unpaired) electrons. The summed E-state index contributed by atoms with van der Waals surface area (Å²) in [4.78, 5) is 18.5. The van der Waals surface area contributed by atoms with Crippen molar-refractivity contribution in [3.8, 4) is 0 Å². The molecule has 2 aliphatic rings. The molecule has 0 aliphatic carbocycles. The van der Waals surface area contributed by atoms with E-state index in [1.807, 2.05) is 6.92 Å². The molecule has 2 saturated heterocycles. The fraction of sp³-hybridized carbons (Fsp3) is 0.867. The first-order chi connectivity index (χ1) is 10.7. The van der Waals surface area contributed by atoms with Crippen LogP contribution in [0.4, 0.5) is 0 Å². The van der Waals surface area contributed by atoms with E-state index < -0.39 is 0 Å². The number of rotatable bonds is 6. The molecule has 0 aromatic rings. The zero-order valence-corrected chi connectivity index (χ0v) is 16.4. The highest BCUT2D eigenvalue weighted by Crippen LogP contribution is 2.38. The van der Waals surface area contributed by atoms with E-state index >= 15 is 0 Å². The van der Waals surface area contributed by atoms with E-state index in [0.29, 0.717) is 13.2 Å². The fourth-order valence-corrected chi connectivity index (χ4v) is 3.01. The predicted octanol–water partition coefficient (Wildman–Crippen LogP) is 0.445. The van der Waals surface area contributed by atoms with Gasteiger partial charge in [0.1, 0.15) is 6.54 Å². The maximum absolute atomic E-state index is 11.8. The monoisotopic (exact) mass is 440 g/mol. The lowest BCUT2D eigenvalue weighted by molar-refractivity contribution is -0.119. The summed E-state index contributed by atoms with van der Waals surface area (Å²) in [7, 11) is 1.61. The van der Waals surface area contributed by atoms with Gasteiger partial charge in [-0.25, -0.2) is 4.99 Å². The predicted molar refractivity (Wildman–Crippen MR) is 100 cm³/mol. The van der Waals surface area contributed by atoms with Crippen LogP contribution in [0.25, 0.3) is 0 Å². The first-order valence-electron chi connectivity index (χ1n) is 8.06. The van der Waals surface area contributed by atoms with Crippen LogP contribution >= 0.6 is 24.0 Å². The standard InChI is InChI=1S/C15H28N4O3.HI/c1-3-16-14(18-10-13(20)17-6-9-21-2)19-7-4-15(11-19)5-8-22-12-15;/h3-12H2,1-2H3,(H,16,18)(H,17,20);1H. The van der Waals surface area contributed by atoms with Crippen molar-refractivity contribution in [2.45, 2.75) is 19.8 Å². The van der Waals surface area contributed by atoms with Gasteiger partial charge >= 0.3 is 0 Å². The van der Waals surface area contributed by atoms with E-state index in [1.54, 1.807) is 7.11 Å². The summed E-state index contributed by atoms with van der Waals surface area (Å²) in [5, 5.41) is 6.07. The Morgan fingerprint density at radius 2 is 2.22 bits per heavy atom. The van der Waals surface area contributed by atoms with Crippen LogP contribution in [0, 0.1) is 5.41 Å². The van der Waals surface area contributed by atoms with Crippen LogP contribution in [0.3, 0.4) is 0 Å². The summed E-state index contributed by atoms with van der Waals surface area (Å²) in [6.07, 6.45) is 2.26. The minimum atomic E-state index is -0.0782. The van der Waals surface area contributed by atoms with Gasteiger partial charge in [-0.15, -0.1) is 24.0 Å². The molecule has 0 aromatic carbocycles. The van der Waals surface area contributed by atoms with E-state index in [4.69, 9.17) is 9.47 Å². The number of carbonyl (C=O) groups excluding carboxylic acids is 1. The normalized spacial score (nSPS) is 23.9. The first-order valence-corrected chi connectivity index (χ1v) is 8.06. The van der Waals surface area contributed by atoms with Gasteiger partial charge < -0.3 is 25.0 Å². The van der Waals surface area contributed by atoms with Crippen molar-refractivity contribution in [1.29, 1.82) is 0 Å². The van der Waals surface area contributed by atoms with E-state index in [-0.39, 0.29) is 41.8 Å². The first kappa shape index (κ1) is 20.4. The Kier molecular flexibility index (Phi) is 9.15. The second-order valence-corrected chi connectivity index (χ2v) is 5.99. The average molecular weight is 440 g/mol. The van der Waals surface area contributed by atoms with Gasteiger partial charge in [0.15, 0.2) is 5.96 Å². The van der Waals surface area contributed by atoms with Gasteiger partial charge in [0, 0.05) is 45.3 Å². The van der Waals surface area contributed by atoms with Gasteiger partial charge in [0.25, 0.3) is 0 Å². The third-order valence-electron chi connectivity index (χ3n) is 4.26. The second-order valence-electron chi connectivity index (χ2n) is 5.99. The number of amides is 1. The molecule has 0 saturated carbocycles. The quantitative estimate of drug-likeness (QED) is 0.272. The number of nitrogens with one attached hydrogen (secondary N) is 2. The Balaban J connectivity index is 0.00000264. The number of halogens is 1. The van der Waals surface area contributed by atoms with Crippen LogP contribution < -0.4 is 10.6 Å². The largest absolute Gasteiger partial charge is 0.383 e. The van der Waals surface area contributed by atoms with E-state index in [9.17, 15) is 4.79 Å². The van der Waals surface area contributed by atoms with Crippen LogP contribution in [0.5, 0.6) is 0 Å². The Labute approximate surface area is 155 Å². The SMILES string of the molecule is CCNC(=NCC(=O)NCCOC)N1CCC2(CCOC2)C1.I. The molecule has 0 bridgehead atoms. The Morgan fingerprint density at radius 1 is 1.39 bits per heavy atom. The van der Waals surface area contributed by atoms with Crippen molar-refractivity contribution in [2.75, 3.05) is 59.7 Å². The number of hydrogen-bond donors (Lipinski definition) is 2. The van der Waals surface area contributed by atoms with Gasteiger partial charge in [-0.3, -0.25) is 4.79 Å². The molecular formula is C15H29IN4O3. The van der Waals surface area contributed by atoms with Gasteiger partial charge in [0.05, 0.1) is 13.2 Å². The minimum Gasteiger partial charge on any atom is -0.383 e. The Hall–Kier alpha value is -0.610. The maximum Gasteiger partial charge on any atom is 0.241 e. The van der Waals surface area contributed by atoms with Crippen LogP contribution in [0.15, 0.2) is 4.99 Å². The number of guanidine groups is 1. The molecule has 1 spiro atoms. The second kappa shape index (κ2) is 10.3. The number of aliphatic imine (C=N–C) groups is 1. The third kappa shape index (κ3) is 6.07. The highest BCUT2D eigenvalue weighted by atomic mass is 127. The molecule has 1 amide bonds. The molecule has 2 rings (SSSR count). The molecule has 1 atom stereocenters. The number of ether oxygens (including phenoxy) is 2. The Morgan fingerprint density at radius 3 is 2.87 bits per heavy atom. The molecule has 23 heavy (non-hydrogen) atoms. The summed E-state index contributed by atoms with van der Waals surface area (Å²) >= 11 is 0. The van der Waals surface area contributed by atoms with Crippen LogP contribution in [-0.4, -0.2) is 76.4 Å². The van der Waals surface area contributed by atoms with Crippen LogP contribution in [0.2, 0.25) is 0 Å². The number of likely N-dealkylation sites (tertiary alicyclic amines) is 1. The lowest BCUT2D eigenvalue weighted by Crippen LogP contribution is -2.42. The fourth-order valence-electron chi connectivity index (χ4n) is 3.01. The van der Waals surface area contributed by atoms with Crippen molar-refractivity contribution < 1.29 is 14.3 Å². The molecular weight excluding hydrogens is 411 g/mol. The van der Waals surface area contributed by atoms with Crippen LogP contribution in [0.1, 0.15) is 19.8 Å². The third-order valence-corrected chi connectivity index (χ3v) is 4.26. The summed E-state index contributed by atoms with van der Waals surface area (Å²) < 4.78 is 10.5. The molecule has 2 fully saturated rings. The number of carbonyl (C=O) groups is 1. The summed E-state index contributed by atoms with van der Waals surface area (Å²) in [5.74, 6) is 0.749. The molecule has 2 heterocycles. The molecule has 8 heteroatoms. The molecule has 7 nitrogen and oxygen atoms in total. The van der Waals surface area contributed by atoms with Gasteiger partial charge in [-0.2, -0.15) is 0 Å². The number of nitrogens with zero attached hydrogens (tertiary/aromatic N) is 2. The van der Waals surface area contributed by atoms with Gasteiger partial charge in [0.2, 0.25) is 5.91 Å². The van der Waals surface area contributed by atoms with Crippen molar-refractivity contribution in [3.05, 3.63) is 0 Å². The molecule has 2 aliphatic heterocycles. The molecule has 1 unspecified atom stereocenters. The average Bonchev–Trinajstić information content (AvgIpc) is 3.14. The van der Waals surface area contributed by atoms with Crippen LogP contribution in [-0.2, 0) is 14.3 Å². The molecule has 0 aromatic heterocycles. The number of methoxy groups -OCH3 is 1. The molecule has 134 valence electrons. The highest BCUT2D eigenvalue weighted by Gasteiger charge is 2.42. The zero-order valence-electron chi connectivity index (χ0n) is 14.1. The van der Waals surface area contributed by atoms with Gasteiger partial charge in [-0.05, 0) is 19.8 Å². The maximum atomic E-state index is 11.8. The van der Waals surface area contributed by atoms with Crippen molar-refractivity contribution >= 4 is 35.8 Å². The van der Waals surface area contributed by atoms with Crippen molar-refractivity contribution in [3.63, 3.8) is 0 Å². The summed E-state index contributed by atoms with van der Waals surface area (Å²) in [6, 6.07) is 0. The number of hydrogen-bond acceptors (Lipinski definition) is 4. The summed E-state index contributed by atoms with van der Waals surface area (Å²) in [5.41, 5.74) is 0.289. The topological polar surface area (TPSA) is 75.2 Å². The highest BCUT2D eigenvalue weighted by molar-refractivity contribution is 14.0. The lowest BCUT2D eigenvalue weighted by Gasteiger charge is -2.24. The Bertz CT molecular complexity index is 400. The smallest absolute Gasteiger partial charge is 0.241 e. The van der Waals surface area contributed by atoms with E-state index in [0.717, 1.165) is 51.6 Å². The summed E-state index contributed by atoms with van der Waals surface area (Å²) in [6.45, 7) is 7.67. The van der Waals surface area contributed by atoms with Crippen molar-refractivity contribution in [1.82, 2.24) is 15.5 Å². The van der Waals surface area contributed by atoms with E-state index in [1.165, 1.54) is 0 Å². The van der Waals surface area contributed by atoms with Gasteiger partial charge in [-0.1, -0.05) is 0 Å². The van der Waals surface area contributed by atoms with E-state index in [2.05, 4.69) is 20.5 Å². The van der Waals surface area contributed by atoms with Crippen molar-refractivity contribution in [2.24, 2.45) is 10.4 Å². The lowest BCUT2D eigenvalue weighted by atomic mass is 9.87. The minimum absolute atomic E-state index is 0. The molecule has 2 N–H and O–H groups in total.